The number of rotatable bonds is 6. The number of benzene rings is 1. The van der Waals surface area contributed by atoms with Crippen LogP contribution in [-0.2, 0) is 11.3 Å². The van der Waals surface area contributed by atoms with Gasteiger partial charge in [-0.05, 0) is 57.0 Å². The number of aromatic amines is 1. The van der Waals surface area contributed by atoms with Gasteiger partial charge < -0.3 is 19.6 Å². The summed E-state index contributed by atoms with van der Waals surface area (Å²) in [5.41, 5.74) is 4.63. The van der Waals surface area contributed by atoms with Gasteiger partial charge in [-0.3, -0.25) is 9.59 Å². The molecule has 0 spiro atoms. The van der Waals surface area contributed by atoms with Crippen LogP contribution >= 0.6 is 15.9 Å². The van der Waals surface area contributed by atoms with Crippen molar-refractivity contribution in [2.24, 2.45) is 0 Å². The second kappa shape index (κ2) is 8.55. The molecule has 3 aromatic rings. The number of aryl methyl sites for hydroxylation is 3. The molecule has 29 heavy (non-hydrogen) atoms. The summed E-state index contributed by atoms with van der Waals surface area (Å²) in [4.78, 5) is 28.1. The molecule has 0 aliphatic rings. The maximum absolute atomic E-state index is 13.1. The maximum Gasteiger partial charge on any atom is 0.253 e. The van der Waals surface area contributed by atoms with Crippen LogP contribution in [0.3, 0.4) is 0 Å². The summed E-state index contributed by atoms with van der Waals surface area (Å²) < 4.78 is 8.25. The van der Waals surface area contributed by atoms with Crippen molar-refractivity contribution in [2.45, 2.75) is 40.3 Å². The summed E-state index contributed by atoms with van der Waals surface area (Å²) in [6.45, 7) is 8.55. The fourth-order valence-corrected chi connectivity index (χ4v) is 4.23. The molecule has 0 aliphatic heterocycles. The Kier molecular flexibility index (Phi) is 6.29. The van der Waals surface area contributed by atoms with Gasteiger partial charge in [0.1, 0.15) is 0 Å². The molecule has 7 heteroatoms. The number of methoxy groups -OCH3 is 1. The van der Waals surface area contributed by atoms with Crippen LogP contribution in [0.1, 0.15) is 45.7 Å². The lowest BCUT2D eigenvalue weighted by atomic mass is 10.1. The fraction of sp³-hybridized carbons (Fsp3) is 0.364. The third kappa shape index (κ3) is 4.31. The normalized spacial score (nSPS) is 12.3. The van der Waals surface area contributed by atoms with Crippen molar-refractivity contribution in [3.63, 3.8) is 0 Å². The first-order valence-corrected chi connectivity index (χ1v) is 10.3. The topological polar surface area (TPSA) is 76.1 Å². The first kappa shape index (κ1) is 21.3. The van der Waals surface area contributed by atoms with Crippen LogP contribution in [0.15, 0.2) is 33.7 Å². The standard InChI is InChI=1S/C22H26BrN3O3/c1-12-6-14(3)25-22(28)18(12)9-24-21(27)17-7-16(23)8-19-20(17)13(2)10-26(19)15(4)11-29-5/h6-8,10,15H,9,11H2,1-5H3,(H,24,27)(H,25,28)/t15-/m0/s1. The number of halogens is 1. The number of hydrogen-bond acceptors (Lipinski definition) is 3. The Bertz CT molecular complexity index is 1130. The van der Waals surface area contributed by atoms with Gasteiger partial charge in [-0.2, -0.15) is 0 Å². The average molecular weight is 460 g/mol. The molecule has 0 bridgehead atoms. The molecule has 0 saturated carbocycles. The summed E-state index contributed by atoms with van der Waals surface area (Å²) in [5, 5.41) is 3.82. The highest BCUT2D eigenvalue weighted by Crippen LogP contribution is 2.31. The lowest BCUT2D eigenvalue weighted by molar-refractivity contribution is 0.0952. The van der Waals surface area contributed by atoms with Gasteiger partial charge in [-0.1, -0.05) is 15.9 Å². The van der Waals surface area contributed by atoms with E-state index < -0.39 is 0 Å². The molecule has 0 radical (unpaired) electrons. The van der Waals surface area contributed by atoms with E-state index in [1.165, 1.54) is 0 Å². The first-order chi connectivity index (χ1) is 13.7. The fourth-order valence-electron chi connectivity index (χ4n) is 3.78. The number of hydrogen-bond donors (Lipinski definition) is 2. The number of pyridine rings is 1. The van der Waals surface area contributed by atoms with Gasteiger partial charge in [-0.25, -0.2) is 0 Å². The molecule has 2 N–H and O–H groups in total. The van der Waals surface area contributed by atoms with E-state index in [1.54, 1.807) is 7.11 Å². The summed E-state index contributed by atoms with van der Waals surface area (Å²) in [6, 6.07) is 5.87. The molecule has 0 saturated heterocycles. The average Bonchev–Trinajstić information content (AvgIpc) is 2.96. The van der Waals surface area contributed by atoms with Crippen LogP contribution in [0.2, 0.25) is 0 Å². The minimum Gasteiger partial charge on any atom is -0.383 e. The van der Waals surface area contributed by atoms with E-state index in [-0.39, 0.29) is 24.1 Å². The molecule has 2 aromatic heterocycles. The zero-order valence-corrected chi connectivity index (χ0v) is 18.9. The van der Waals surface area contributed by atoms with Gasteiger partial charge in [-0.15, -0.1) is 0 Å². The van der Waals surface area contributed by atoms with E-state index >= 15 is 0 Å². The number of carbonyl (C=O) groups excluding carboxylic acids is 1. The van der Waals surface area contributed by atoms with E-state index in [4.69, 9.17) is 4.74 Å². The number of ether oxygens (including phenoxy) is 1. The quantitative estimate of drug-likeness (QED) is 0.580. The molecule has 0 aliphatic carbocycles. The largest absolute Gasteiger partial charge is 0.383 e. The summed E-state index contributed by atoms with van der Waals surface area (Å²) in [5.74, 6) is -0.212. The molecule has 2 heterocycles. The summed E-state index contributed by atoms with van der Waals surface area (Å²) in [6.07, 6.45) is 2.05. The highest BCUT2D eigenvalue weighted by atomic mass is 79.9. The van der Waals surface area contributed by atoms with Gasteiger partial charge in [0.25, 0.3) is 11.5 Å². The second-order valence-electron chi connectivity index (χ2n) is 7.50. The van der Waals surface area contributed by atoms with Crippen molar-refractivity contribution < 1.29 is 9.53 Å². The molecular formula is C22H26BrN3O3. The Balaban J connectivity index is 1.97. The van der Waals surface area contributed by atoms with Crippen LogP contribution in [-0.4, -0.2) is 29.2 Å². The molecule has 3 rings (SSSR count). The maximum atomic E-state index is 13.1. The molecule has 0 fully saturated rings. The molecule has 1 amide bonds. The van der Waals surface area contributed by atoms with Crippen LogP contribution in [0, 0.1) is 20.8 Å². The van der Waals surface area contributed by atoms with Crippen LogP contribution < -0.4 is 10.9 Å². The number of fused-ring (bicyclic) bond motifs is 1. The third-order valence-electron chi connectivity index (χ3n) is 5.13. The highest BCUT2D eigenvalue weighted by molar-refractivity contribution is 9.10. The third-order valence-corrected chi connectivity index (χ3v) is 5.59. The van der Waals surface area contributed by atoms with Gasteiger partial charge in [0.2, 0.25) is 0 Å². The predicted molar refractivity (Wildman–Crippen MR) is 119 cm³/mol. The highest BCUT2D eigenvalue weighted by Gasteiger charge is 2.19. The Morgan fingerprint density at radius 3 is 2.62 bits per heavy atom. The van der Waals surface area contributed by atoms with E-state index in [0.29, 0.717) is 17.7 Å². The number of amides is 1. The van der Waals surface area contributed by atoms with Gasteiger partial charge in [0, 0.05) is 41.0 Å². The van der Waals surface area contributed by atoms with Crippen LogP contribution in [0.4, 0.5) is 0 Å². The summed E-state index contributed by atoms with van der Waals surface area (Å²) >= 11 is 3.53. The van der Waals surface area contributed by atoms with Gasteiger partial charge in [0.05, 0.1) is 23.7 Å². The van der Waals surface area contributed by atoms with Crippen molar-refractivity contribution in [1.82, 2.24) is 14.9 Å². The van der Waals surface area contributed by atoms with Crippen LogP contribution in [0.5, 0.6) is 0 Å². The Morgan fingerprint density at radius 2 is 1.97 bits per heavy atom. The SMILES string of the molecule is COC[C@H](C)n1cc(C)c2c(C(=O)NCc3c(C)cc(C)[nH]c3=O)cc(Br)cc21. The van der Waals surface area contributed by atoms with Crippen molar-refractivity contribution >= 4 is 32.7 Å². The van der Waals surface area contributed by atoms with Gasteiger partial charge in [0.15, 0.2) is 0 Å². The van der Waals surface area contributed by atoms with Crippen molar-refractivity contribution in [3.05, 3.63) is 67.2 Å². The Morgan fingerprint density at radius 1 is 1.24 bits per heavy atom. The molecule has 154 valence electrons. The van der Waals surface area contributed by atoms with Crippen molar-refractivity contribution in [2.75, 3.05) is 13.7 Å². The molecule has 0 unspecified atom stereocenters. The molecular weight excluding hydrogens is 434 g/mol. The minimum atomic E-state index is -0.212. The lowest BCUT2D eigenvalue weighted by Gasteiger charge is -2.15. The molecule has 1 atom stereocenters. The number of H-pyrrole nitrogens is 1. The number of nitrogens with one attached hydrogen (secondary N) is 2. The number of aromatic nitrogens is 2. The molecule has 6 nitrogen and oxygen atoms in total. The zero-order chi connectivity index (χ0) is 21.3. The van der Waals surface area contributed by atoms with E-state index in [0.717, 1.165) is 32.2 Å². The first-order valence-electron chi connectivity index (χ1n) is 9.50. The zero-order valence-electron chi connectivity index (χ0n) is 17.4. The van der Waals surface area contributed by atoms with E-state index in [1.807, 2.05) is 45.2 Å². The van der Waals surface area contributed by atoms with E-state index in [2.05, 4.69) is 37.7 Å². The van der Waals surface area contributed by atoms with Crippen molar-refractivity contribution in [1.29, 1.82) is 0 Å². The number of nitrogens with zero attached hydrogens (tertiary/aromatic N) is 1. The van der Waals surface area contributed by atoms with Crippen LogP contribution in [0.25, 0.3) is 10.9 Å². The minimum absolute atomic E-state index is 0.134. The van der Waals surface area contributed by atoms with Gasteiger partial charge >= 0.3 is 0 Å². The molecule has 1 aromatic carbocycles. The number of carbonyl (C=O) groups is 1. The predicted octanol–water partition coefficient (Wildman–Crippen LogP) is 4.15. The Hall–Kier alpha value is -2.38. The Labute approximate surface area is 178 Å². The lowest BCUT2D eigenvalue weighted by Crippen LogP contribution is -2.28. The monoisotopic (exact) mass is 459 g/mol. The summed E-state index contributed by atoms with van der Waals surface area (Å²) in [7, 11) is 1.68. The van der Waals surface area contributed by atoms with E-state index in [9.17, 15) is 9.59 Å². The van der Waals surface area contributed by atoms with Crippen molar-refractivity contribution in [3.8, 4) is 0 Å². The second-order valence-corrected chi connectivity index (χ2v) is 8.41. The smallest absolute Gasteiger partial charge is 0.253 e.